The van der Waals surface area contributed by atoms with Gasteiger partial charge in [0.1, 0.15) is 5.82 Å². The van der Waals surface area contributed by atoms with Gasteiger partial charge < -0.3 is 0 Å². The topological polar surface area (TPSA) is 47.8 Å². The van der Waals surface area contributed by atoms with Crippen molar-refractivity contribution >= 4 is 29.1 Å². The van der Waals surface area contributed by atoms with Crippen LogP contribution >= 0.6 is 23.4 Å². The highest BCUT2D eigenvalue weighted by Crippen LogP contribution is 2.41. The molecule has 0 saturated heterocycles. The lowest BCUT2D eigenvalue weighted by Gasteiger charge is -2.09. The van der Waals surface area contributed by atoms with Gasteiger partial charge in [-0.05, 0) is 49.2 Å². The number of benzene rings is 2. The van der Waals surface area contributed by atoms with E-state index in [-0.39, 0.29) is 5.78 Å². The van der Waals surface area contributed by atoms with Gasteiger partial charge in [0.15, 0.2) is 10.9 Å². The van der Waals surface area contributed by atoms with Gasteiger partial charge in [-0.2, -0.15) is 0 Å². The summed E-state index contributed by atoms with van der Waals surface area (Å²) in [4.78, 5) is 12.4. The lowest BCUT2D eigenvalue weighted by molar-refractivity contribution is 0.102. The lowest BCUT2D eigenvalue weighted by Crippen LogP contribution is -2.05. The smallest absolute Gasteiger partial charge is 0.196 e. The predicted octanol–water partition coefficient (Wildman–Crippen LogP) is 4.77. The molecule has 1 aliphatic carbocycles. The van der Waals surface area contributed by atoms with Crippen LogP contribution in [0.25, 0.3) is 5.69 Å². The van der Waals surface area contributed by atoms with Crippen LogP contribution in [0.2, 0.25) is 5.02 Å². The normalized spacial score (nSPS) is 13.8. The molecule has 0 N–H and O–H groups in total. The fourth-order valence-corrected chi connectivity index (χ4v) is 3.63. The summed E-state index contributed by atoms with van der Waals surface area (Å²) in [7, 11) is 0. The molecule has 0 amide bonds. The Morgan fingerprint density at radius 3 is 2.48 bits per heavy atom. The van der Waals surface area contributed by atoms with Gasteiger partial charge in [-0.1, -0.05) is 41.6 Å². The standard InChI is InChI=1S/C19H16ClN3OS/c20-15-10-8-13(9-11-15)17(24)12-25-19-22-21-18(14-6-7-14)23(19)16-4-2-1-3-5-16/h1-5,8-11,14H,6-7,12H2. The molecular formula is C19H16ClN3OS. The van der Waals surface area contributed by atoms with Gasteiger partial charge in [0.05, 0.1) is 5.75 Å². The van der Waals surface area contributed by atoms with Crippen LogP contribution in [-0.4, -0.2) is 26.3 Å². The van der Waals surface area contributed by atoms with E-state index in [0.717, 1.165) is 29.5 Å². The molecule has 0 atom stereocenters. The molecule has 1 fully saturated rings. The van der Waals surface area contributed by atoms with E-state index in [0.29, 0.717) is 22.3 Å². The van der Waals surface area contributed by atoms with Crippen molar-refractivity contribution in [1.29, 1.82) is 0 Å². The Labute approximate surface area is 155 Å². The van der Waals surface area contributed by atoms with Crippen molar-refractivity contribution in [1.82, 2.24) is 14.8 Å². The highest BCUT2D eigenvalue weighted by Gasteiger charge is 2.31. The van der Waals surface area contributed by atoms with Crippen LogP contribution in [0.15, 0.2) is 59.8 Å². The number of carbonyl (C=O) groups is 1. The number of halogens is 1. The van der Waals surface area contributed by atoms with Crippen LogP contribution in [-0.2, 0) is 0 Å². The number of ketones is 1. The van der Waals surface area contributed by atoms with E-state index in [9.17, 15) is 4.79 Å². The van der Waals surface area contributed by atoms with Crippen molar-refractivity contribution in [3.63, 3.8) is 0 Å². The highest BCUT2D eigenvalue weighted by molar-refractivity contribution is 7.99. The molecule has 0 radical (unpaired) electrons. The zero-order valence-corrected chi connectivity index (χ0v) is 15.0. The third kappa shape index (κ3) is 3.62. The summed E-state index contributed by atoms with van der Waals surface area (Å²) in [6, 6.07) is 17.0. The minimum absolute atomic E-state index is 0.0530. The Bertz CT molecular complexity index is 889. The van der Waals surface area contributed by atoms with Crippen molar-refractivity contribution in [2.75, 3.05) is 5.75 Å². The first kappa shape index (κ1) is 16.4. The fraction of sp³-hybridized carbons (Fsp3) is 0.211. The third-order valence-corrected chi connectivity index (χ3v) is 5.29. The van der Waals surface area contributed by atoms with Crippen molar-refractivity contribution in [2.45, 2.75) is 23.9 Å². The number of rotatable bonds is 6. The van der Waals surface area contributed by atoms with E-state index in [1.54, 1.807) is 24.3 Å². The van der Waals surface area contributed by atoms with Gasteiger partial charge >= 0.3 is 0 Å². The van der Waals surface area contributed by atoms with E-state index >= 15 is 0 Å². The largest absolute Gasteiger partial charge is 0.293 e. The molecule has 6 heteroatoms. The first-order chi connectivity index (χ1) is 12.2. The second-order valence-corrected chi connectivity index (χ2v) is 7.38. The first-order valence-corrected chi connectivity index (χ1v) is 9.51. The predicted molar refractivity (Wildman–Crippen MR) is 99.8 cm³/mol. The minimum Gasteiger partial charge on any atom is -0.293 e. The zero-order chi connectivity index (χ0) is 17.2. The summed E-state index contributed by atoms with van der Waals surface area (Å²) in [5.74, 6) is 1.84. The second-order valence-electron chi connectivity index (χ2n) is 6.00. The summed E-state index contributed by atoms with van der Waals surface area (Å²) in [6.07, 6.45) is 2.30. The van der Waals surface area contributed by atoms with E-state index in [1.807, 2.05) is 30.3 Å². The monoisotopic (exact) mass is 369 g/mol. The molecule has 126 valence electrons. The molecule has 2 aromatic carbocycles. The molecule has 0 aliphatic heterocycles. The van der Waals surface area contributed by atoms with Crippen LogP contribution in [0.1, 0.15) is 34.9 Å². The number of carbonyl (C=O) groups excluding carboxylic acids is 1. The molecule has 0 bridgehead atoms. The van der Waals surface area contributed by atoms with E-state index in [2.05, 4.69) is 14.8 Å². The van der Waals surface area contributed by atoms with Gasteiger partial charge in [0.25, 0.3) is 0 Å². The quantitative estimate of drug-likeness (QED) is 0.463. The number of thioether (sulfide) groups is 1. The number of hydrogen-bond acceptors (Lipinski definition) is 4. The van der Waals surface area contributed by atoms with E-state index in [1.165, 1.54) is 11.8 Å². The lowest BCUT2D eigenvalue weighted by atomic mass is 10.1. The second kappa shape index (κ2) is 7.02. The fourth-order valence-electron chi connectivity index (χ4n) is 2.65. The van der Waals surface area contributed by atoms with Gasteiger partial charge in [0.2, 0.25) is 0 Å². The minimum atomic E-state index is 0.0530. The Kier molecular flexibility index (Phi) is 4.59. The third-order valence-electron chi connectivity index (χ3n) is 4.11. The van der Waals surface area contributed by atoms with Crippen LogP contribution in [0.5, 0.6) is 0 Å². The Morgan fingerprint density at radius 1 is 1.08 bits per heavy atom. The van der Waals surface area contributed by atoms with Crippen molar-refractivity contribution < 1.29 is 4.79 Å². The maximum Gasteiger partial charge on any atom is 0.196 e. The Balaban J connectivity index is 1.56. The molecule has 3 aromatic rings. The Morgan fingerprint density at radius 2 is 1.80 bits per heavy atom. The molecule has 0 unspecified atom stereocenters. The van der Waals surface area contributed by atoms with Crippen molar-refractivity contribution in [2.24, 2.45) is 0 Å². The molecular weight excluding hydrogens is 354 g/mol. The maximum atomic E-state index is 12.4. The summed E-state index contributed by atoms with van der Waals surface area (Å²) < 4.78 is 2.08. The summed E-state index contributed by atoms with van der Waals surface area (Å²) in [5, 5.41) is 10.1. The van der Waals surface area contributed by atoms with Crippen molar-refractivity contribution in [3.8, 4) is 5.69 Å². The number of aromatic nitrogens is 3. The van der Waals surface area contributed by atoms with E-state index in [4.69, 9.17) is 11.6 Å². The van der Waals surface area contributed by atoms with Crippen LogP contribution in [0.4, 0.5) is 0 Å². The molecule has 1 aromatic heterocycles. The number of hydrogen-bond donors (Lipinski definition) is 0. The van der Waals surface area contributed by atoms with Crippen LogP contribution < -0.4 is 0 Å². The molecule has 1 heterocycles. The average Bonchev–Trinajstić information content (AvgIpc) is 3.40. The number of nitrogens with zero attached hydrogens (tertiary/aromatic N) is 3. The zero-order valence-electron chi connectivity index (χ0n) is 13.4. The average molecular weight is 370 g/mol. The highest BCUT2D eigenvalue weighted by atomic mass is 35.5. The van der Waals surface area contributed by atoms with Gasteiger partial charge in [-0.25, -0.2) is 0 Å². The molecule has 4 rings (SSSR count). The van der Waals surface area contributed by atoms with Crippen LogP contribution in [0, 0.1) is 0 Å². The van der Waals surface area contributed by atoms with Crippen molar-refractivity contribution in [3.05, 3.63) is 71.0 Å². The summed E-state index contributed by atoms with van der Waals surface area (Å²) in [5.41, 5.74) is 1.70. The molecule has 1 saturated carbocycles. The SMILES string of the molecule is O=C(CSc1nnc(C2CC2)n1-c1ccccc1)c1ccc(Cl)cc1. The van der Waals surface area contributed by atoms with E-state index < -0.39 is 0 Å². The summed E-state index contributed by atoms with van der Waals surface area (Å²) >= 11 is 7.30. The molecule has 1 aliphatic rings. The first-order valence-electron chi connectivity index (χ1n) is 8.14. The van der Waals surface area contributed by atoms with Gasteiger partial charge in [0, 0.05) is 22.2 Å². The molecule has 4 nitrogen and oxygen atoms in total. The van der Waals surface area contributed by atoms with Gasteiger partial charge in [-0.3, -0.25) is 9.36 Å². The maximum absolute atomic E-state index is 12.4. The summed E-state index contributed by atoms with van der Waals surface area (Å²) in [6.45, 7) is 0. The van der Waals surface area contributed by atoms with Gasteiger partial charge in [-0.15, -0.1) is 10.2 Å². The number of para-hydroxylation sites is 1. The van der Waals surface area contributed by atoms with Crippen LogP contribution in [0.3, 0.4) is 0 Å². The Hall–Kier alpha value is -2.11. The molecule has 25 heavy (non-hydrogen) atoms. The molecule has 0 spiro atoms. The number of Topliss-reactive ketones (excluding diaryl/α,β-unsaturated/α-hetero) is 1.